The number of hydrogen-bond donors (Lipinski definition) is 1. The van der Waals surface area contributed by atoms with Gasteiger partial charge in [0.15, 0.2) is 0 Å². The normalized spacial score (nSPS) is 15.9. The molecule has 0 unspecified atom stereocenters. The van der Waals surface area contributed by atoms with Crippen molar-refractivity contribution >= 4 is 5.91 Å². The monoisotopic (exact) mass is 313 g/mol. The molecule has 0 bridgehead atoms. The largest absolute Gasteiger partial charge is 0.354 e. The highest BCUT2D eigenvalue weighted by atomic mass is 16.2. The van der Waals surface area contributed by atoms with E-state index in [1.807, 2.05) is 6.92 Å². The molecule has 1 N–H and O–H groups in total. The van der Waals surface area contributed by atoms with Crippen molar-refractivity contribution in [1.82, 2.24) is 25.0 Å². The van der Waals surface area contributed by atoms with E-state index >= 15 is 0 Å². The molecular formula is C17H23N5O. The van der Waals surface area contributed by atoms with E-state index in [1.165, 1.54) is 17.5 Å². The fraction of sp³-hybridized carbons (Fsp3) is 0.471. The van der Waals surface area contributed by atoms with E-state index in [0.717, 1.165) is 32.5 Å². The molecule has 1 aromatic heterocycles. The summed E-state index contributed by atoms with van der Waals surface area (Å²) in [5.41, 5.74) is 2.90. The van der Waals surface area contributed by atoms with Crippen molar-refractivity contribution in [2.75, 3.05) is 19.6 Å². The lowest BCUT2D eigenvalue weighted by Gasteiger charge is -2.28. The Hall–Kier alpha value is -2.21. The van der Waals surface area contributed by atoms with Crippen LogP contribution >= 0.6 is 0 Å². The minimum atomic E-state index is -0.320. The van der Waals surface area contributed by atoms with Gasteiger partial charge in [-0.1, -0.05) is 24.3 Å². The number of benzene rings is 1. The molecule has 0 saturated heterocycles. The lowest BCUT2D eigenvalue weighted by Crippen LogP contribution is -2.35. The summed E-state index contributed by atoms with van der Waals surface area (Å²) in [6, 6.07) is 8.33. The first kappa shape index (κ1) is 15.7. The van der Waals surface area contributed by atoms with Gasteiger partial charge >= 0.3 is 0 Å². The first-order valence-electron chi connectivity index (χ1n) is 8.15. The predicted octanol–water partition coefficient (Wildman–Crippen LogP) is 1.40. The Labute approximate surface area is 136 Å². The third kappa shape index (κ3) is 3.96. The number of aromatic nitrogens is 3. The van der Waals surface area contributed by atoms with Crippen LogP contribution in [0.3, 0.4) is 0 Å². The molecule has 1 aliphatic heterocycles. The van der Waals surface area contributed by atoms with E-state index in [9.17, 15) is 4.79 Å². The maximum atomic E-state index is 12.0. The molecular weight excluding hydrogens is 290 g/mol. The van der Waals surface area contributed by atoms with E-state index in [4.69, 9.17) is 0 Å². The zero-order chi connectivity index (χ0) is 16.1. The first-order chi connectivity index (χ1) is 11.2. The second-order valence-corrected chi connectivity index (χ2v) is 5.99. The van der Waals surface area contributed by atoms with Gasteiger partial charge in [-0.2, -0.15) is 5.10 Å². The Morgan fingerprint density at radius 1 is 1.35 bits per heavy atom. The van der Waals surface area contributed by atoms with Crippen molar-refractivity contribution in [3.05, 3.63) is 48.0 Å². The second kappa shape index (κ2) is 7.37. The maximum Gasteiger partial charge on any atom is 0.244 e. The van der Waals surface area contributed by atoms with E-state index in [0.29, 0.717) is 6.54 Å². The fourth-order valence-electron chi connectivity index (χ4n) is 2.94. The van der Waals surface area contributed by atoms with Gasteiger partial charge < -0.3 is 5.32 Å². The molecule has 122 valence electrons. The van der Waals surface area contributed by atoms with Crippen LogP contribution in [0.5, 0.6) is 0 Å². The summed E-state index contributed by atoms with van der Waals surface area (Å²) in [5.74, 6) is -0.0144. The molecule has 0 radical (unpaired) electrons. The van der Waals surface area contributed by atoms with Gasteiger partial charge in [-0.05, 0) is 30.9 Å². The topological polar surface area (TPSA) is 63.1 Å². The Balaban J connectivity index is 1.38. The van der Waals surface area contributed by atoms with Crippen LogP contribution in [0.4, 0.5) is 0 Å². The highest BCUT2D eigenvalue weighted by Gasteiger charge is 2.16. The number of nitrogens with one attached hydrogen (secondary N) is 1. The van der Waals surface area contributed by atoms with Gasteiger partial charge in [0.2, 0.25) is 5.91 Å². The fourth-order valence-corrected chi connectivity index (χ4v) is 2.94. The molecule has 0 saturated carbocycles. The molecule has 1 amide bonds. The van der Waals surface area contributed by atoms with Crippen molar-refractivity contribution in [2.24, 2.45) is 0 Å². The van der Waals surface area contributed by atoms with Crippen LogP contribution in [0.25, 0.3) is 0 Å². The highest BCUT2D eigenvalue weighted by Crippen LogP contribution is 2.18. The third-order valence-corrected chi connectivity index (χ3v) is 4.37. The zero-order valence-corrected chi connectivity index (χ0v) is 13.5. The molecule has 23 heavy (non-hydrogen) atoms. The van der Waals surface area contributed by atoms with Gasteiger partial charge in [0.1, 0.15) is 18.7 Å². The zero-order valence-electron chi connectivity index (χ0n) is 13.5. The summed E-state index contributed by atoms with van der Waals surface area (Å²) in [7, 11) is 0. The van der Waals surface area contributed by atoms with Gasteiger partial charge in [0, 0.05) is 26.2 Å². The summed E-state index contributed by atoms with van der Waals surface area (Å²) in [6.07, 6.45) is 5.08. The predicted molar refractivity (Wildman–Crippen MR) is 87.8 cm³/mol. The van der Waals surface area contributed by atoms with Crippen molar-refractivity contribution in [2.45, 2.75) is 32.4 Å². The lowest BCUT2D eigenvalue weighted by atomic mass is 10.00. The Morgan fingerprint density at radius 2 is 2.17 bits per heavy atom. The molecule has 1 atom stereocenters. The number of carbonyl (C=O) groups is 1. The molecule has 0 spiro atoms. The summed E-state index contributed by atoms with van der Waals surface area (Å²) in [5, 5.41) is 6.97. The Morgan fingerprint density at radius 3 is 2.96 bits per heavy atom. The summed E-state index contributed by atoms with van der Waals surface area (Å²) >= 11 is 0. The summed E-state index contributed by atoms with van der Waals surface area (Å²) < 4.78 is 1.57. The van der Waals surface area contributed by atoms with Crippen molar-refractivity contribution in [1.29, 1.82) is 0 Å². The number of amides is 1. The quantitative estimate of drug-likeness (QED) is 0.819. The smallest absolute Gasteiger partial charge is 0.244 e. The van der Waals surface area contributed by atoms with Gasteiger partial charge in [0.25, 0.3) is 0 Å². The number of rotatable bonds is 6. The maximum absolute atomic E-state index is 12.0. The van der Waals surface area contributed by atoms with Crippen molar-refractivity contribution in [3.8, 4) is 0 Å². The van der Waals surface area contributed by atoms with Crippen molar-refractivity contribution < 1.29 is 4.79 Å². The van der Waals surface area contributed by atoms with Crippen LogP contribution in [-0.4, -0.2) is 45.2 Å². The Kier molecular flexibility index (Phi) is 5.02. The molecule has 6 nitrogen and oxygen atoms in total. The van der Waals surface area contributed by atoms with E-state index in [-0.39, 0.29) is 11.9 Å². The van der Waals surface area contributed by atoms with Gasteiger partial charge in [0.05, 0.1) is 0 Å². The van der Waals surface area contributed by atoms with Crippen LogP contribution < -0.4 is 5.32 Å². The number of nitrogens with zero attached hydrogens (tertiary/aromatic N) is 4. The molecule has 6 heteroatoms. The SMILES string of the molecule is C[C@@H](C(=O)NCCCN1CCc2ccccc2C1)n1cncn1. The van der Waals surface area contributed by atoms with E-state index < -0.39 is 0 Å². The molecule has 1 aromatic carbocycles. The third-order valence-electron chi connectivity index (χ3n) is 4.37. The van der Waals surface area contributed by atoms with E-state index in [1.54, 1.807) is 11.0 Å². The van der Waals surface area contributed by atoms with Crippen LogP contribution in [0.1, 0.15) is 30.5 Å². The second-order valence-electron chi connectivity index (χ2n) is 5.99. The molecule has 2 aromatic rings. The first-order valence-corrected chi connectivity index (χ1v) is 8.15. The minimum absolute atomic E-state index is 0.0144. The van der Waals surface area contributed by atoms with Crippen molar-refractivity contribution in [3.63, 3.8) is 0 Å². The molecule has 0 aliphatic carbocycles. The average molecular weight is 313 g/mol. The van der Waals surface area contributed by atoms with Gasteiger partial charge in [-0.3, -0.25) is 9.69 Å². The van der Waals surface area contributed by atoms with E-state index in [2.05, 4.69) is 44.6 Å². The molecule has 3 rings (SSSR count). The van der Waals surface area contributed by atoms with Crippen LogP contribution in [0.2, 0.25) is 0 Å². The number of hydrogen-bond acceptors (Lipinski definition) is 4. The molecule has 2 heterocycles. The van der Waals surface area contributed by atoms with Crippen LogP contribution in [0.15, 0.2) is 36.9 Å². The summed E-state index contributed by atoms with van der Waals surface area (Å²) in [4.78, 5) is 18.4. The Bertz CT molecular complexity index is 640. The highest BCUT2D eigenvalue weighted by molar-refractivity contribution is 5.79. The standard InChI is InChI=1S/C17H23N5O/c1-14(22-13-18-12-20-22)17(23)19-8-4-9-21-10-7-15-5-2-3-6-16(15)11-21/h2-3,5-6,12-14H,4,7-11H2,1H3,(H,19,23)/t14-/m0/s1. The van der Waals surface area contributed by atoms with Gasteiger partial charge in [-0.15, -0.1) is 0 Å². The van der Waals surface area contributed by atoms with Crippen LogP contribution in [0, 0.1) is 0 Å². The van der Waals surface area contributed by atoms with Crippen LogP contribution in [-0.2, 0) is 17.8 Å². The number of carbonyl (C=O) groups excluding carboxylic acids is 1. The minimum Gasteiger partial charge on any atom is -0.354 e. The van der Waals surface area contributed by atoms with Gasteiger partial charge in [-0.25, -0.2) is 9.67 Å². The molecule has 1 aliphatic rings. The number of fused-ring (bicyclic) bond motifs is 1. The summed E-state index contributed by atoms with van der Waals surface area (Å²) in [6.45, 7) is 5.63. The molecule has 0 fully saturated rings. The average Bonchev–Trinajstić information content (AvgIpc) is 3.12. The lowest BCUT2D eigenvalue weighted by molar-refractivity contribution is -0.124.